The Hall–Kier alpha value is -2.48. The maximum atomic E-state index is 10.2. The molecule has 0 radical (unpaired) electrons. The number of hydrogen-bond donors (Lipinski definition) is 2. The van der Waals surface area contributed by atoms with E-state index >= 15 is 0 Å². The lowest BCUT2D eigenvalue weighted by atomic mass is 9.96. The van der Waals surface area contributed by atoms with Gasteiger partial charge in [0, 0.05) is 16.8 Å². The maximum Gasteiger partial charge on any atom is 0.124 e. The lowest BCUT2D eigenvalue weighted by Crippen LogP contribution is -1.97. The van der Waals surface area contributed by atoms with E-state index in [-0.39, 0.29) is 5.76 Å². The van der Waals surface area contributed by atoms with E-state index in [9.17, 15) is 5.11 Å². The zero-order valence-electron chi connectivity index (χ0n) is 9.80. The highest BCUT2D eigenvalue weighted by Crippen LogP contribution is 2.29. The van der Waals surface area contributed by atoms with Crippen LogP contribution in [0.15, 0.2) is 42.5 Å². The van der Waals surface area contributed by atoms with Crippen molar-refractivity contribution in [3.8, 4) is 0 Å². The molecule has 88 valence electrons. The second-order valence-corrected chi connectivity index (χ2v) is 4.30. The van der Waals surface area contributed by atoms with E-state index in [4.69, 9.17) is 5.73 Å². The van der Waals surface area contributed by atoms with Crippen LogP contribution in [0.5, 0.6) is 0 Å². The van der Waals surface area contributed by atoms with E-state index in [0.717, 1.165) is 22.3 Å². The van der Waals surface area contributed by atoms with Crippen LogP contribution in [0.1, 0.15) is 22.3 Å². The van der Waals surface area contributed by atoms with Gasteiger partial charge in [-0.2, -0.15) is 0 Å². The van der Waals surface area contributed by atoms with Gasteiger partial charge in [-0.15, -0.1) is 0 Å². The summed E-state index contributed by atoms with van der Waals surface area (Å²) in [5.74, 6) is 0.245. The average Bonchev–Trinajstić information content (AvgIpc) is 2.36. The van der Waals surface area contributed by atoms with Crippen LogP contribution in [0.25, 0.3) is 24.0 Å². The summed E-state index contributed by atoms with van der Waals surface area (Å²) in [5.41, 5.74) is 10.3. The third-order valence-electron chi connectivity index (χ3n) is 3.13. The fourth-order valence-electron chi connectivity index (χ4n) is 2.18. The smallest absolute Gasteiger partial charge is 0.124 e. The molecule has 0 saturated carbocycles. The Kier molecular flexibility index (Phi) is 2.41. The van der Waals surface area contributed by atoms with Crippen molar-refractivity contribution in [2.45, 2.75) is 0 Å². The Balaban J connectivity index is 2.28. The summed E-state index contributed by atoms with van der Waals surface area (Å²) in [4.78, 5) is 0. The minimum atomic E-state index is 0.245. The van der Waals surface area contributed by atoms with E-state index in [1.54, 1.807) is 6.08 Å². The summed E-state index contributed by atoms with van der Waals surface area (Å²) in [5, 5.41) is 10.2. The fraction of sp³-hybridized carbons (Fsp3) is 0. The Bertz CT molecular complexity index is 669. The van der Waals surface area contributed by atoms with E-state index in [2.05, 4.69) is 0 Å². The van der Waals surface area contributed by atoms with Gasteiger partial charge >= 0.3 is 0 Å². The molecule has 0 aromatic heterocycles. The first-order chi connectivity index (χ1) is 8.75. The molecule has 0 bridgehead atoms. The van der Waals surface area contributed by atoms with Crippen LogP contribution in [0.4, 0.5) is 5.69 Å². The first kappa shape index (κ1) is 10.7. The Morgan fingerprint density at radius 1 is 0.833 bits per heavy atom. The van der Waals surface area contributed by atoms with Gasteiger partial charge in [0.25, 0.3) is 0 Å². The number of fused-ring (bicyclic) bond motifs is 2. The summed E-state index contributed by atoms with van der Waals surface area (Å²) >= 11 is 0. The highest BCUT2D eigenvalue weighted by atomic mass is 16.3. The Morgan fingerprint density at radius 2 is 1.61 bits per heavy atom. The zero-order chi connectivity index (χ0) is 12.5. The summed E-state index contributed by atoms with van der Waals surface area (Å²) in [6.07, 6.45) is 5.75. The second-order valence-electron chi connectivity index (χ2n) is 4.30. The minimum absolute atomic E-state index is 0.245. The molecule has 2 nitrogen and oxygen atoms in total. The fourth-order valence-corrected chi connectivity index (χ4v) is 2.18. The van der Waals surface area contributed by atoms with Gasteiger partial charge in [0.2, 0.25) is 0 Å². The van der Waals surface area contributed by atoms with Gasteiger partial charge in [-0.3, -0.25) is 0 Å². The summed E-state index contributed by atoms with van der Waals surface area (Å²) in [6.45, 7) is 0. The lowest BCUT2D eigenvalue weighted by Gasteiger charge is -2.12. The van der Waals surface area contributed by atoms with Gasteiger partial charge in [-0.05, 0) is 23.3 Å². The number of benzene rings is 2. The van der Waals surface area contributed by atoms with Gasteiger partial charge in [-0.25, -0.2) is 0 Å². The van der Waals surface area contributed by atoms with Crippen molar-refractivity contribution in [1.29, 1.82) is 0 Å². The minimum Gasteiger partial charge on any atom is -0.507 e. The van der Waals surface area contributed by atoms with Crippen LogP contribution in [-0.2, 0) is 0 Å². The SMILES string of the molecule is Nc1cccc2c1/C=C\c1ccccc1/C=C\2O. The molecule has 3 rings (SSSR count). The van der Waals surface area contributed by atoms with Crippen molar-refractivity contribution in [1.82, 2.24) is 0 Å². The molecule has 2 aromatic carbocycles. The van der Waals surface area contributed by atoms with Crippen molar-refractivity contribution < 1.29 is 5.11 Å². The van der Waals surface area contributed by atoms with Gasteiger partial charge in [0.1, 0.15) is 5.76 Å². The molecule has 0 fully saturated rings. The molecule has 0 unspecified atom stereocenters. The molecule has 0 atom stereocenters. The molecule has 0 spiro atoms. The average molecular weight is 235 g/mol. The molecule has 18 heavy (non-hydrogen) atoms. The largest absolute Gasteiger partial charge is 0.507 e. The monoisotopic (exact) mass is 235 g/mol. The summed E-state index contributed by atoms with van der Waals surface area (Å²) in [7, 11) is 0. The molecule has 0 aliphatic heterocycles. The quantitative estimate of drug-likeness (QED) is 0.682. The van der Waals surface area contributed by atoms with Crippen LogP contribution in [0.2, 0.25) is 0 Å². The molecule has 1 aliphatic carbocycles. The number of rotatable bonds is 0. The molecule has 3 N–H and O–H groups in total. The van der Waals surface area contributed by atoms with E-state index < -0.39 is 0 Å². The zero-order valence-corrected chi connectivity index (χ0v) is 9.80. The first-order valence-corrected chi connectivity index (χ1v) is 5.82. The third kappa shape index (κ3) is 1.68. The highest BCUT2D eigenvalue weighted by Gasteiger charge is 2.10. The van der Waals surface area contributed by atoms with Gasteiger partial charge < -0.3 is 10.8 Å². The summed E-state index contributed by atoms with van der Waals surface area (Å²) in [6, 6.07) is 13.5. The third-order valence-corrected chi connectivity index (χ3v) is 3.13. The van der Waals surface area contributed by atoms with Crippen LogP contribution in [0.3, 0.4) is 0 Å². The standard InChI is InChI=1S/C16H13NO/c17-15-7-3-6-14-13(15)9-8-11-4-1-2-5-12(11)10-16(14)18/h1-10,18H,17H2/b9-8-,11-8?,12-10?,13-9?,16-10+,16-14?. The van der Waals surface area contributed by atoms with E-state index in [1.165, 1.54) is 0 Å². The highest BCUT2D eigenvalue weighted by molar-refractivity contribution is 5.92. The van der Waals surface area contributed by atoms with Crippen molar-refractivity contribution in [3.63, 3.8) is 0 Å². The van der Waals surface area contributed by atoms with Crippen molar-refractivity contribution in [2.75, 3.05) is 5.73 Å². The summed E-state index contributed by atoms with van der Waals surface area (Å²) < 4.78 is 0. The molecule has 0 saturated heterocycles. The van der Waals surface area contributed by atoms with Gasteiger partial charge in [0.05, 0.1) is 0 Å². The molecule has 0 amide bonds. The number of aliphatic hydroxyl groups is 1. The molecular weight excluding hydrogens is 222 g/mol. The molecule has 2 aromatic rings. The van der Waals surface area contributed by atoms with Crippen molar-refractivity contribution >= 4 is 29.7 Å². The van der Waals surface area contributed by atoms with E-state index in [1.807, 2.05) is 54.6 Å². The normalized spacial score (nSPS) is 17.7. The lowest BCUT2D eigenvalue weighted by molar-refractivity contribution is 0.515. The number of nitrogens with two attached hydrogens (primary N) is 1. The predicted molar refractivity (Wildman–Crippen MR) is 76.7 cm³/mol. The number of nitrogen functional groups attached to an aromatic ring is 1. The van der Waals surface area contributed by atoms with E-state index in [0.29, 0.717) is 5.69 Å². The number of aliphatic hydroxyl groups excluding tert-OH is 1. The molecular formula is C16H13NO. The molecule has 2 heteroatoms. The van der Waals surface area contributed by atoms with Crippen molar-refractivity contribution in [2.24, 2.45) is 0 Å². The van der Waals surface area contributed by atoms with Gasteiger partial charge in [-0.1, -0.05) is 48.6 Å². The van der Waals surface area contributed by atoms with Crippen molar-refractivity contribution in [3.05, 3.63) is 64.7 Å². The Morgan fingerprint density at radius 3 is 2.44 bits per heavy atom. The van der Waals surface area contributed by atoms with Crippen LogP contribution < -0.4 is 5.73 Å². The van der Waals surface area contributed by atoms with Crippen LogP contribution in [-0.4, -0.2) is 5.11 Å². The van der Waals surface area contributed by atoms with Crippen LogP contribution in [0, 0.1) is 0 Å². The second kappa shape index (κ2) is 4.08. The van der Waals surface area contributed by atoms with Crippen LogP contribution >= 0.6 is 0 Å². The predicted octanol–water partition coefficient (Wildman–Crippen LogP) is 3.81. The number of anilines is 1. The molecule has 0 heterocycles. The van der Waals surface area contributed by atoms with Gasteiger partial charge in [0.15, 0.2) is 0 Å². The topological polar surface area (TPSA) is 46.2 Å². The Labute approximate surface area is 106 Å². The maximum absolute atomic E-state index is 10.2. The first-order valence-electron chi connectivity index (χ1n) is 5.82. The molecule has 1 aliphatic rings. The number of hydrogen-bond acceptors (Lipinski definition) is 2.